The molecule has 0 radical (unpaired) electrons. The molecule has 2 aromatic heterocycles. The number of imidazole rings is 1. The highest BCUT2D eigenvalue weighted by Gasteiger charge is 2.41. The van der Waals surface area contributed by atoms with E-state index < -0.39 is 23.1 Å². The zero-order valence-electron chi connectivity index (χ0n) is 18.0. The molecule has 0 bridgehead atoms. The van der Waals surface area contributed by atoms with Gasteiger partial charge in [0.1, 0.15) is 18.4 Å². The highest BCUT2D eigenvalue weighted by Crippen LogP contribution is 2.74. The second-order valence-corrected chi connectivity index (χ2v) is 18.7. The average molecular weight is 520 g/mol. The Morgan fingerprint density at radius 2 is 2.22 bits per heavy atom. The predicted molar refractivity (Wildman–Crippen MR) is 131 cm³/mol. The normalized spacial score (nSPS) is 24.9. The molecule has 14 heteroatoms. The van der Waals surface area contributed by atoms with Crippen LogP contribution in [0.15, 0.2) is 11.1 Å². The van der Waals surface area contributed by atoms with Gasteiger partial charge in [0, 0.05) is 31.4 Å². The van der Waals surface area contributed by atoms with Crippen molar-refractivity contribution in [1.82, 2.24) is 19.5 Å². The number of anilines is 1. The minimum Gasteiger partial charge on any atom is -0.460 e. The molecule has 2 aromatic rings. The number of hydrogen-bond acceptors (Lipinski definition) is 11. The van der Waals surface area contributed by atoms with Gasteiger partial charge in [0.15, 0.2) is 15.8 Å². The lowest BCUT2D eigenvalue weighted by Crippen LogP contribution is -2.30. The SMILES string of the molecule is CC(=O)O[C@H]1C[C@H](n2cnc3c(=O)[nH]c(NCC(C)C)nc32)O[C@@H]1COP1(=S)SCCS1. The van der Waals surface area contributed by atoms with Gasteiger partial charge >= 0.3 is 5.97 Å². The summed E-state index contributed by atoms with van der Waals surface area (Å²) >= 11 is 9.03. The molecule has 2 aliphatic rings. The third-order valence-electron chi connectivity index (χ3n) is 4.90. The molecule has 176 valence electrons. The maximum Gasteiger partial charge on any atom is 0.302 e. The van der Waals surface area contributed by atoms with Crippen LogP contribution in [0.4, 0.5) is 5.95 Å². The van der Waals surface area contributed by atoms with Crippen LogP contribution in [0, 0.1) is 5.92 Å². The van der Waals surface area contributed by atoms with E-state index >= 15 is 0 Å². The van der Waals surface area contributed by atoms with Crippen LogP contribution in [-0.2, 0) is 30.6 Å². The fourth-order valence-electron chi connectivity index (χ4n) is 3.45. The number of carbonyl (C=O) groups is 1. The van der Waals surface area contributed by atoms with Crippen molar-refractivity contribution in [3.63, 3.8) is 0 Å². The Morgan fingerprint density at radius 3 is 2.91 bits per heavy atom. The Bertz CT molecular complexity index is 1080. The lowest BCUT2D eigenvalue weighted by atomic mass is 10.2. The van der Waals surface area contributed by atoms with Crippen LogP contribution < -0.4 is 10.9 Å². The van der Waals surface area contributed by atoms with E-state index in [1.165, 1.54) is 13.3 Å². The molecule has 0 aromatic carbocycles. The van der Waals surface area contributed by atoms with Crippen molar-refractivity contribution in [3.05, 3.63) is 16.7 Å². The van der Waals surface area contributed by atoms with Gasteiger partial charge in [-0.3, -0.25) is 19.1 Å². The number of ether oxygens (including phenoxy) is 2. The molecule has 2 fully saturated rings. The van der Waals surface area contributed by atoms with Crippen molar-refractivity contribution in [2.75, 3.05) is 30.0 Å². The number of fused-ring (bicyclic) bond motifs is 1. The number of esters is 1. The first-order valence-electron chi connectivity index (χ1n) is 10.3. The third-order valence-corrected chi connectivity index (χ3v) is 14.8. The zero-order chi connectivity index (χ0) is 22.9. The first-order chi connectivity index (χ1) is 15.2. The molecular formula is C18H26N5O5PS3. The van der Waals surface area contributed by atoms with Crippen molar-refractivity contribution in [1.29, 1.82) is 0 Å². The number of carbonyl (C=O) groups excluding carboxylic acids is 1. The van der Waals surface area contributed by atoms with Crippen LogP contribution in [0.25, 0.3) is 11.2 Å². The smallest absolute Gasteiger partial charge is 0.302 e. The second-order valence-electron chi connectivity index (χ2n) is 7.94. The van der Waals surface area contributed by atoms with E-state index in [4.69, 9.17) is 25.8 Å². The minimum absolute atomic E-state index is 0.224. The Morgan fingerprint density at radius 1 is 1.47 bits per heavy atom. The quantitative estimate of drug-likeness (QED) is 0.395. The van der Waals surface area contributed by atoms with Gasteiger partial charge in [-0.1, -0.05) is 36.6 Å². The molecular weight excluding hydrogens is 493 g/mol. The molecule has 0 saturated carbocycles. The molecule has 0 aliphatic carbocycles. The highest BCUT2D eigenvalue weighted by atomic mass is 33.2. The standard InChI is InChI=1S/C18H26N5O5PS3/c1-10(2)7-19-18-21-16-15(17(25)22-18)20-9-23(16)14-6-12(27-11(3)24)13(28-14)8-26-29(30)31-4-5-32-29/h9-10,12-14H,4-8H2,1-3H3,(H2,19,21,22,25)/t12-,13+,14+/m0/s1. The number of aromatic nitrogens is 4. The van der Waals surface area contributed by atoms with Gasteiger partial charge in [-0.2, -0.15) is 4.98 Å². The van der Waals surface area contributed by atoms with E-state index in [-0.39, 0.29) is 23.7 Å². The molecule has 10 nitrogen and oxygen atoms in total. The Labute approximate surface area is 198 Å². The number of nitrogens with one attached hydrogen (secondary N) is 2. The summed E-state index contributed by atoms with van der Waals surface area (Å²) in [6.45, 7) is 6.41. The van der Waals surface area contributed by atoms with Gasteiger partial charge < -0.3 is 19.3 Å². The van der Waals surface area contributed by atoms with Crippen LogP contribution >= 0.6 is 27.4 Å². The molecule has 4 heterocycles. The van der Waals surface area contributed by atoms with Crippen molar-refractivity contribution in [2.45, 2.75) is 45.6 Å². The molecule has 3 atom stereocenters. The molecule has 0 unspecified atom stereocenters. The summed E-state index contributed by atoms with van der Waals surface area (Å²) in [5.74, 6) is 2.34. The van der Waals surface area contributed by atoms with E-state index in [2.05, 4.69) is 34.1 Å². The molecule has 4 rings (SSSR count). The van der Waals surface area contributed by atoms with E-state index in [1.807, 2.05) is 0 Å². The van der Waals surface area contributed by atoms with E-state index in [1.54, 1.807) is 27.3 Å². The highest BCUT2D eigenvalue weighted by molar-refractivity contribution is 9.00. The monoisotopic (exact) mass is 519 g/mol. The number of aromatic amines is 1. The lowest BCUT2D eigenvalue weighted by Gasteiger charge is -2.21. The first-order valence-corrected chi connectivity index (χ1v) is 16.2. The van der Waals surface area contributed by atoms with E-state index in [9.17, 15) is 9.59 Å². The van der Waals surface area contributed by atoms with Crippen LogP contribution in [-0.4, -0.2) is 62.4 Å². The van der Waals surface area contributed by atoms with Gasteiger partial charge in [-0.05, 0) is 17.7 Å². The van der Waals surface area contributed by atoms with Gasteiger partial charge in [-0.25, -0.2) is 4.98 Å². The molecule has 2 saturated heterocycles. The Hall–Kier alpha value is -1.11. The average Bonchev–Trinajstić information content (AvgIpc) is 3.43. The summed E-state index contributed by atoms with van der Waals surface area (Å²) in [7, 11) is 0. The third kappa shape index (κ3) is 5.51. The minimum atomic E-state index is -1.97. The van der Waals surface area contributed by atoms with Gasteiger partial charge in [0.25, 0.3) is 5.56 Å². The summed E-state index contributed by atoms with van der Waals surface area (Å²) in [6, 6.07) is 0. The molecule has 32 heavy (non-hydrogen) atoms. The van der Waals surface area contributed by atoms with E-state index in [0.717, 1.165) is 11.5 Å². The van der Waals surface area contributed by atoms with Crippen LogP contribution in [0.5, 0.6) is 0 Å². The largest absolute Gasteiger partial charge is 0.460 e. The Kier molecular flexibility index (Phi) is 7.53. The molecule has 0 spiro atoms. The zero-order valence-corrected chi connectivity index (χ0v) is 21.3. The molecule has 2 aliphatic heterocycles. The summed E-state index contributed by atoms with van der Waals surface area (Å²) in [6.07, 6.45) is 0.458. The predicted octanol–water partition coefficient (Wildman–Crippen LogP) is 3.13. The summed E-state index contributed by atoms with van der Waals surface area (Å²) < 4.78 is 17.5. The second kappa shape index (κ2) is 10.0. The van der Waals surface area contributed by atoms with Gasteiger partial charge in [-0.15, -0.1) is 0 Å². The fourth-order valence-corrected chi connectivity index (χ4v) is 12.3. The molecule has 0 amide bonds. The lowest BCUT2D eigenvalue weighted by molar-refractivity contribution is -0.150. The van der Waals surface area contributed by atoms with Crippen molar-refractivity contribution < 1.29 is 18.8 Å². The fraction of sp³-hybridized carbons (Fsp3) is 0.667. The maximum absolute atomic E-state index is 12.5. The van der Waals surface area contributed by atoms with Crippen molar-refractivity contribution in [2.24, 2.45) is 5.92 Å². The van der Waals surface area contributed by atoms with Gasteiger partial charge in [0.05, 0.1) is 12.9 Å². The number of nitrogens with zero attached hydrogens (tertiary/aromatic N) is 3. The van der Waals surface area contributed by atoms with E-state index in [0.29, 0.717) is 30.5 Å². The molecule has 2 N–H and O–H groups in total. The van der Waals surface area contributed by atoms with Crippen LogP contribution in [0.3, 0.4) is 0 Å². The number of hydrogen-bond donors (Lipinski definition) is 2. The maximum atomic E-state index is 12.5. The summed E-state index contributed by atoms with van der Waals surface area (Å²) in [5.41, 5.74) is 0.298. The van der Waals surface area contributed by atoms with Crippen LogP contribution in [0.2, 0.25) is 0 Å². The summed E-state index contributed by atoms with van der Waals surface area (Å²) in [4.78, 5) is 35.6. The first kappa shape index (κ1) is 24.0. The van der Waals surface area contributed by atoms with Crippen molar-refractivity contribution >= 4 is 62.3 Å². The van der Waals surface area contributed by atoms with Gasteiger partial charge in [0.2, 0.25) is 5.95 Å². The number of H-pyrrole nitrogens is 1. The van der Waals surface area contributed by atoms with Crippen molar-refractivity contribution in [3.8, 4) is 0 Å². The summed E-state index contributed by atoms with van der Waals surface area (Å²) in [5, 5.41) is 3.13. The number of rotatable bonds is 8. The Balaban J connectivity index is 1.56. The topological polar surface area (TPSA) is 120 Å². The van der Waals surface area contributed by atoms with Crippen LogP contribution in [0.1, 0.15) is 33.4 Å².